The predicted molar refractivity (Wildman–Crippen MR) is 88.5 cm³/mol. The zero-order chi connectivity index (χ0) is 18.4. The first-order valence-electron chi connectivity index (χ1n) is 8.26. The molecule has 2 rings (SSSR count). The Morgan fingerprint density at radius 3 is 2.44 bits per heavy atom. The topological polar surface area (TPSA) is 81.7 Å². The van der Waals surface area contributed by atoms with Crippen LogP contribution in [0.3, 0.4) is 0 Å². The Balaban J connectivity index is 1.82. The first-order valence-corrected chi connectivity index (χ1v) is 8.26. The molecule has 3 N–H and O–H groups in total. The van der Waals surface area contributed by atoms with E-state index in [1.165, 1.54) is 0 Å². The Kier molecular flexibility index (Phi) is 6.69. The molecule has 1 fully saturated rings. The van der Waals surface area contributed by atoms with E-state index in [1.54, 1.807) is 30.3 Å². The van der Waals surface area contributed by atoms with Gasteiger partial charge in [0, 0.05) is 12.1 Å². The Bertz CT molecular complexity index is 580. The highest BCUT2D eigenvalue weighted by atomic mass is 19.3. The van der Waals surface area contributed by atoms with E-state index in [4.69, 9.17) is 5.11 Å². The number of rotatable bonds is 8. The Morgan fingerprint density at radius 2 is 1.92 bits per heavy atom. The average Bonchev–Trinajstić information content (AvgIpc) is 2.54. The number of hydrogen-bond donors (Lipinski definition) is 3. The number of amides is 2. The molecular formula is C17H23F2N3O3. The van der Waals surface area contributed by atoms with Crippen LogP contribution in [0.25, 0.3) is 0 Å². The van der Waals surface area contributed by atoms with Crippen LogP contribution < -0.4 is 10.6 Å². The molecule has 1 aliphatic carbocycles. The third-order valence-corrected chi connectivity index (χ3v) is 4.41. The molecule has 0 aromatic heterocycles. The molecular weight excluding hydrogens is 332 g/mol. The molecule has 138 valence electrons. The predicted octanol–water partition coefficient (Wildman–Crippen LogP) is 2.23. The number of carboxylic acid groups (broad SMARTS) is 1. The lowest BCUT2D eigenvalue weighted by Crippen LogP contribution is -2.56. The molecule has 0 radical (unpaired) electrons. The monoisotopic (exact) mass is 355 g/mol. The van der Waals surface area contributed by atoms with Gasteiger partial charge in [-0.15, -0.1) is 0 Å². The van der Waals surface area contributed by atoms with Gasteiger partial charge >= 0.3 is 12.0 Å². The van der Waals surface area contributed by atoms with Crippen molar-refractivity contribution < 1.29 is 23.5 Å². The fraction of sp³-hybridized carbons (Fsp3) is 0.529. The SMILES string of the molecule is CCN(CC(=O)O)C1CC(NC(=O)NC(c2ccccc2)C(F)F)C1. The van der Waals surface area contributed by atoms with Crippen LogP contribution in [0.5, 0.6) is 0 Å². The van der Waals surface area contributed by atoms with Crippen LogP contribution in [-0.4, -0.2) is 53.6 Å². The lowest BCUT2D eigenvalue weighted by Gasteiger charge is -2.42. The van der Waals surface area contributed by atoms with Crippen molar-refractivity contribution in [2.75, 3.05) is 13.1 Å². The summed E-state index contributed by atoms with van der Waals surface area (Å²) < 4.78 is 26.4. The van der Waals surface area contributed by atoms with Crippen LogP contribution in [0.2, 0.25) is 0 Å². The highest BCUT2D eigenvalue weighted by molar-refractivity contribution is 5.75. The molecule has 25 heavy (non-hydrogen) atoms. The molecule has 0 spiro atoms. The van der Waals surface area contributed by atoms with Gasteiger partial charge in [0.2, 0.25) is 0 Å². The number of nitrogens with zero attached hydrogens (tertiary/aromatic N) is 1. The third-order valence-electron chi connectivity index (χ3n) is 4.41. The van der Waals surface area contributed by atoms with Gasteiger partial charge in [-0.2, -0.15) is 0 Å². The molecule has 0 bridgehead atoms. The zero-order valence-electron chi connectivity index (χ0n) is 14.0. The van der Waals surface area contributed by atoms with Gasteiger partial charge in [0.25, 0.3) is 6.43 Å². The highest BCUT2D eigenvalue weighted by Gasteiger charge is 2.35. The van der Waals surface area contributed by atoms with E-state index in [-0.39, 0.29) is 18.6 Å². The molecule has 1 aromatic carbocycles. The van der Waals surface area contributed by atoms with E-state index >= 15 is 0 Å². The lowest BCUT2D eigenvalue weighted by molar-refractivity contribution is -0.139. The number of urea groups is 1. The van der Waals surface area contributed by atoms with Crippen molar-refractivity contribution in [1.29, 1.82) is 0 Å². The van der Waals surface area contributed by atoms with Crippen molar-refractivity contribution in [1.82, 2.24) is 15.5 Å². The second-order valence-corrected chi connectivity index (χ2v) is 6.12. The maximum atomic E-state index is 13.2. The van der Waals surface area contributed by atoms with Gasteiger partial charge in [-0.1, -0.05) is 37.3 Å². The molecule has 8 heteroatoms. The van der Waals surface area contributed by atoms with E-state index in [9.17, 15) is 18.4 Å². The minimum Gasteiger partial charge on any atom is -0.480 e. The van der Waals surface area contributed by atoms with Gasteiger partial charge in [-0.3, -0.25) is 9.69 Å². The number of carbonyl (C=O) groups excluding carboxylic acids is 1. The maximum Gasteiger partial charge on any atom is 0.317 e. The molecule has 2 amide bonds. The van der Waals surface area contributed by atoms with Gasteiger partial charge in [-0.05, 0) is 24.9 Å². The summed E-state index contributed by atoms with van der Waals surface area (Å²) in [6.45, 7) is 2.45. The summed E-state index contributed by atoms with van der Waals surface area (Å²) in [5.41, 5.74) is 0.345. The van der Waals surface area contributed by atoms with Crippen molar-refractivity contribution in [3.8, 4) is 0 Å². The minimum atomic E-state index is -2.71. The van der Waals surface area contributed by atoms with Crippen molar-refractivity contribution >= 4 is 12.0 Å². The van der Waals surface area contributed by atoms with Gasteiger partial charge in [0.05, 0.1) is 6.54 Å². The standard InChI is InChI=1S/C17H23F2N3O3/c1-2-22(10-14(23)24)13-8-12(9-13)20-17(25)21-15(16(18)19)11-6-4-3-5-7-11/h3-7,12-13,15-16H,2,8-10H2,1H3,(H,23,24)(H2,20,21,25). The van der Waals surface area contributed by atoms with Crippen LogP contribution in [0.1, 0.15) is 31.4 Å². The van der Waals surface area contributed by atoms with Crippen molar-refractivity contribution in [2.24, 2.45) is 0 Å². The molecule has 1 atom stereocenters. The number of nitrogens with one attached hydrogen (secondary N) is 2. The van der Waals surface area contributed by atoms with Crippen LogP contribution in [0.15, 0.2) is 30.3 Å². The molecule has 1 aromatic rings. The molecule has 6 nitrogen and oxygen atoms in total. The Hall–Kier alpha value is -2.22. The van der Waals surface area contributed by atoms with Gasteiger partial charge in [0.15, 0.2) is 0 Å². The quantitative estimate of drug-likeness (QED) is 0.668. The average molecular weight is 355 g/mol. The second-order valence-electron chi connectivity index (χ2n) is 6.12. The number of alkyl halides is 2. The van der Waals surface area contributed by atoms with Gasteiger partial charge < -0.3 is 15.7 Å². The Labute approximate surface area is 145 Å². The summed E-state index contributed by atoms with van der Waals surface area (Å²) in [6, 6.07) is 6.04. The third kappa shape index (κ3) is 5.38. The zero-order valence-corrected chi connectivity index (χ0v) is 14.0. The molecule has 0 saturated heterocycles. The van der Waals surface area contributed by atoms with Crippen LogP contribution in [-0.2, 0) is 4.79 Å². The number of halogens is 2. The van der Waals surface area contributed by atoms with Crippen LogP contribution in [0.4, 0.5) is 13.6 Å². The molecule has 1 saturated carbocycles. The normalized spacial score (nSPS) is 20.8. The van der Waals surface area contributed by atoms with Crippen molar-refractivity contribution in [3.05, 3.63) is 35.9 Å². The minimum absolute atomic E-state index is 0.0401. The number of benzene rings is 1. The molecule has 0 heterocycles. The molecule has 0 aliphatic heterocycles. The number of likely N-dealkylation sites (N-methyl/N-ethyl adjacent to an activating group) is 1. The lowest BCUT2D eigenvalue weighted by atomic mass is 9.85. The van der Waals surface area contributed by atoms with Crippen molar-refractivity contribution in [3.63, 3.8) is 0 Å². The number of carbonyl (C=O) groups is 2. The van der Waals surface area contributed by atoms with Gasteiger partial charge in [0.1, 0.15) is 6.04 Å². The summed E-state index contributed by atoms with van der Waals surface area (Å²) in [7, 11) is 0. The first-order chi connectivity index (χ1) is 11.9. The number of aliphatic carboxylic acids is 1. The van der Waals surface area contributed by atoms with E-state index < -0.39 is 24.5 Å². The van der Waals surface area contributed by atoms with E-state index in [1.807, 2.05) is 11.8 Å². The second kappa shape index (κ2) is 8.75. The summed E-state index contributed by atoms with van der Waals surface area (Å²) in [4.78, 5) is 24.6. The molecule has 1 unspecified atom stereocenters. The number of carboxylic acids is 1. The van der Waals surface area contributed by atoms with Crippen molar-refractivity contribution in [2.45, 2.75) is 44.3 Å². The van der Waals surface area contributed by atoms with E-state index in [2.05, 4.69) is 10.6 Å². The molecule has 1 aliphatic rings. The fourth-order valence-electron chi connectivity index (χ4n) is 3.00. The smallest absolute Gasteiger partial charge is 0.317 e. The van der Waals surface area contributed by atoms with E-state index in [0.29, 0.717) is 24.9 Å². The summed E-state index contributed by atoms with van der Waals surface area (Å²) in [5, 5.41) is 13.9. The largest absolute Gasteiger partial charge is 0.480 e. The summed E-state index contributed by atoms with van der Waals surface area (Å²) >= 11 is 0. The summed E-state index contributed by atoms with van der Waals surface area (Å²) in [6.07, 6.45) is -1.49. The van der Waals surface area contributed by atoms with E-state index in [0.717, 1.165) is 0 Å². The summed E-state index contributed by atoms with van der Waals surface area (Å²) in [5.74, 6) is -0.890. The van der Waals surface area contributed by atoms with Crippen LogP contribution in [0, 0.1) is 0 Å². The first kappa shape index (κ1) is 19.1. The van der Waals surface area contributed by atoms with Crippen LogP contribution >= 0.6 is 0 Å². The van der Waals surface area contributed by atoms with Gasteiger partial charge in [-0.25, -0.2) is 13.6 Å². The number of hydrogen-bond acceptors (Lipinski definition) is 3. The fourth-order valence-corrected chi connectivity index (χ4v) is 3.00. The maximum absolute atomic E-state index is 13.2. The highest BCUT2D eigenvalue weighted by Crippen LogP contribution is 2.26. The Morgan fingerprint density at radius 1 is 1.28 bits per heavy atom.